The lowest BCUT2D eigenvalue weighted by Gasteiger charge is -2.27. The highest BCUT2D eigenvalue weighted by atomic mass is 32.2. The fourth-order valence-corrected chi connectivity index (χ4v) is 4.05. The van der Waals surface area contributed by atoms with E-state index in [1.165, 1.54) is 28.5 Å². The molecule has 0 bridgehead atoms. The van der Waals surface area contributed by atoms with Crippen LogP contribution in [0.1, 0.15) is 27.9 Å². The molecular formula is C22H24N4OS. The van der Waals surface area contributed by atoms with E-state index in [1.54, 1.807) is 0 Å². The van der Waals surface area contributed by atoms with Gasteiger partial charge in [-0.3, -0.25) is 14.7 Å². The van der Waals surface area contributed by atoms with Crippen LogP contribution in [0.15, 0.2) is 46.5 Å². The largest absolute Gasteiger partial charge is 0.301 e. The summed E-state index contributed by atoms with van der Waals surface area (Å²) in [5, 5.41) is 0.698. The summed E-state index contributed by atoms with van der Waals surface area (Å²) < 4.78 is 0. The van der Waals surface area contributed by atoms with Gasteiger partial charge in [-0.2, -0.15) is 0 Å². The van der Waals surface area contributed by atoms with Crippen LogP contribution in [-0.2, 0) is 19.5 Å². The molecule has 0 radical (unpaired) electrons. The quantitative estimate of drug-likeness (QED) is 0.541. The number of hydrogen-bond donors (Lipinski definition) is 1. The van der Waals surface area contributed by atoms with Gasteiger partial charge in [-0.25, -0.2) is 4.98 Å². The lowest BCUT2D eigenvalue weighted by molar-refractivity contribution is 0.240. The van der Waals surface area contributed by atoms with Crippen LogP contribution in [0.25, 0.3) is 11.3 Å². The van der Waals surface area contributed by atoms with Crippen molar-refractivity contribution in [1.29, 1.82) is 0 Å². The molecule has 5 nitrogen and oxygen atoms in total. The number of pyridine rings is 1. The van der Waals surface area contributed by atoms with E-state index in [2.05, 4.69) is 59.0 Å². The summed E-state index contributed by atoms with van der Waals surface area (Å²) in [7, 11) is 0. The van der Waals surface area contributed by atoms with Gasteiger partial charge in [0.15, 0.2) is 5.16 Å². The lowest BCUT2D eigenvalue weighted by atomic mass is 10.0. The molecule has 1 aromatic carbocycles. The number of fused-ring (bicyclic) bond motifs is 1. The van der Waals surface area contributed by atoms with Crippen molar-refractivity contribution >= 4 is 11.8 Å². The molecule has 28 heavy (non-hydrogen) atoms. The van der Waals surface area contributed by atoms with E-state index in [-0.39, 0.29) is 5.56 Å². The molecule has 0 atom stereocenters. The van der Waals surface area contributed by atoms with Crippen LogP contribution in [0.4, 0.5) is 0 Å². The lowest BCUT2D eigenvalue weighted by Crippen LogP contribution is -2.35. The van der Waals surface area contributed by atoms with Gasteiger partial charge in [0.1, 0.15) is 0 Å². The highest BCUT2D eigenvalue weighted by molar-refractivity contribution is 7.98. The second-order valence-electron chi connectivity index (χ2n) is 7.26. The second kappa shape index (κ2) is 7.89. The molecule has 3 aromatic rings. The van der Waals surface area contributed by atoms with Gasteiger partial charge < -0.3 is 4.98 Å². The van der Waals surface area contributed by atoms with Crippen molar-refractivity contribution in [2.24, 2.45) is 0 Å². The zero-order valence-electron chi connectivity index (χ0n) is 16.5. The normalized spacial score (nSPS) is 14.1. The molecule has 0 amide bonds. The molecular weight excluding hydrogens is 368 g/mol. The van der Waals surface area contributed by atoms with Gasteiger partial charge >= 0.3 is 0 Å². The number of nitrogens with one attached hydrogen (secondary N) is 1. The Kier molecular flexibility index (Phi) is 5.33. The van der Waals surface area contributed by atoms with Crippen LogP contribution >= 0.6 is 11.8 Å². The van der Waals surface area contributed by atoms with Crippen molar-refractivity contribution in [3.8, 4) is 11.3 Å². The van der Waals surface area contributed by atoms with Crippen molar-refractivity contribution in [2.45, 2.75) is 38.5 Å². The minimum absolute atomic E-state index is 0.0116. The number of thioether (sulfide) groups is 1. The molecule has 4 rings (SSSR count). The number of H-pyrrole nitrogens is 1. The molecule has 1 N–H and O–H groups in total. The standard InChI is InChI=1S/C22H24N4OS/c1-14-5-4-6-17(15(14)2)19-8-7-16(11-23-19)12-26-10-9-20-18(13-26)21(27)25-22(24-20)28-3/h4-8,11H,9-10,12-13H2,1-3H3,(H,24,25,27). The molecule has 6 heteroatoms. The van der Waals surface area contributed by atoms with Crippen LogP contribution in [0.2, 0.25) is 0 Å². The van der Waals surface area contributed by atoms with E-state index in [0.717, 1.165) is 42.0 Å². The third-order valence-electron chi connectivity index (χ3n) is 5.43. The maximum atomic E-state index is 12.4. The highest BCUT2D eigenvalue weighted by Gasteiger charge is 2.21. The first kappa shape index (κ1) is 18.9. The molecule has 0 unspecified atom stereocenters. The van der Waals surface area contributed by atoms with Gasteiger partial charge in [0, 0.05) is 37.8 Å². The summed E-state index contributed by atoms with van der Waals surface area (Å²) >= 11 is 1.47. The first-order valence-electron chi connectivity index (χ1n) is 9.45. The van der Waals surface area contributed by atoms with Gasteiger partial charge in [-0.1, -0.05) is 36.0 Å². The van der Waals surface area contributed by atoms with Gasteiger partial charge in [0.05, 0.1) is 17.0 Å². The average molecular weight is 393 g/mol. The summed E-state index contributed by atoms with van der Waals surface area (Å²) in [5.41, 5.74) is 7.60. The number of hydrogen-bond acceptors (Lipinski definition) is 5. The fraction of sp³-hybridized carbons (Fsp3) is 0.318. The average Bonchev–Trinajstić information content (AvgIpc) is 2.71. The number of benzene rings is 1. The molecule has 0 spiro atoms. The van der Waals surface area contributed by atoms with Crippen molar-refractivity contribution in [3.05, 3.63) is 74.8 Å². The minimum Gasteiger partial charge on any atom is -0.301 e. The zero-order valence-corrected chi connectivity index (χ0v) is 17.3. The monoisotopic (exact) mass is 392 g/mol. The van der Waals surface area contributed by atoms with Crippen LogP contribution in [0, 0.1) is 13.8 Å². The summed E-state index contributed by atoms with van der Waals surface area (Å²) in [6.45, 7) is 6.57. The van der Waals surface area contributed by atoms with E-state index in [0.29, 0.717) is 11.7 Å². The first-order valence-corrected chi connectivity index (χ1v) is 10.7. The van der Waals surface area contributed by atoms with Crippen molar-refractivity contribution in [2.75, 3.05) is 12.8 Å². The zero-order chi connectivity index (χ0) is 19.7. The third-order valence-corrected chi connectivity index (χ3v) is 6.01. The third kappa shape index (κ3) is 3.75. The summed E-state index contributed by atoms with van der Waals surface area (Å²) in [6, 6.07) is 10.5. The van der Waals surface area contributed by atoms with Gasteiger partial charge in [0.25, 0.3) is 5.56 Å². The van der Waals surface area contributed by atoms with Crippen LogP contribution in [0.3, 0.4) is 0 Å². The number of rotatable bonds is 4. The predicted octanol–water partition coefficient (Wildman–Crippen LogP) is 3.73. The Hall–Kier alpha value is -2.44. The first-order chi connectivity index (χ1) is 13.5. The van der Waals surface area contributed by atoms with Gasteiger partial charge in [-0.05, 0) is 42.9 Å². The van der Waals surface area contributed by atoms with Gasteiger partial charge in [-0.15, -0.1) is 0 Å². The van der Waals surface area contributed by atoms with E-state index < -0.39 is 0 Å². The molecule has 0 saturated heterocycles. The van der Waals surface area contributed by atoms with Crippen molar-refractivity contribution in [1.82, 2.24) is 19.9 Å². The molecule has 2 aromatic heterocycles. The van der Waals surface area contributed by atoms with Gasteiger partial charge in [0.2, 0.25) is 0 Å². The summed E-state index contributed by atoms with van der Waals surface area (Å²) in [5.74, 6) is 0. The van der Waals surface area contributed by atoms with Crippen molar-refractivity contribution in [3.63, 3.8) is 0 Å². The molecule has 144 valence electrons. The molecule has 0 fully saturated rings. The van der Waals surface area contributed by atoms with E-state index in [1.807, 2.05) is 12.5 Å². The Balaban J connectivity index is 1.50. The Morgan fingerprint density at radius 2 is 2.07 bits per heavy atom. The molecule has 3 heterocycles. The van der Waals surface area contributed by atoms with E-state index in [9.17, 15) is 4.79 Å². The number of aromatic nitrogens is 3. The molecule has 1 aliphatic rings. The number of aromatic amines is 1. The van der Waals surface area contributed by atoms with E-state index >= 15 is 0 Å². The highest BCUT2D eigenvalue weighted by Crippen LogP contribution is 2.24. The summed E-state index contributed by atoms with van der Waals surface area (Å²) in [4.78, 5) is 26.8. The number of aryl methyl sites for hydroxylation is 1. The maximum absolute atomic E-state index is 12.4. The maximum Gasteiger partial charge on any atom is 0.256 e. The molecule has 0 aliphatic carbocycles. The van der Waals surface area contributed by atoms with Crippen LogP contribution < -0.4 is 5.56 Å². The van der Waals surface area contributed by atoms with Crippen LogP contribution in [-0.4, -0.2) is 32.7 Å². The Morgan fingerprint density at radius 1 is 1.21 bits per heavy atom. The van der Waals surface area contributed by atoms with Crippen LogP contribution in [0.5, 0.6) is 0 Å². The molecule has 1 aliphatic heterocycles. The fourth-order valence-electron chi connectivity index (χ4n) is 3.65. The van der Waals surface area contributed by atoms with Crippen molar-refractivity contribution < 1.29 is 0 Å². The van der Waals surface area contributed by atoms with E-state index in [4.69, 9.17) is 4.98 Å². The summed E-state index contributed by atoms with van der Waals surface area (Å²) in [6.07, 6.45) is 4.68. The smallest absolute Gasteiger partial charge is 0.256 e. The predicted molar refractivity (Wildman–Crippen MR) is 114 cm³/mol. The Morgan fingerprint density at radius 3 is 2.82 bits per heavy atom. The number of nitrogens with zero attached hydrogens (tertiary/aromatic N) is 3. The topological polar surface area (TPSA) is 61.9 Å². The molecule has 0 saturated carbocycles. The minimum atomic E-state index is -0.0116. The Bertz CT molecular complexity index is 1060. The SMILES string of the molecule is CSc1nc2c(c(=O)[nH]1)CN(Cc1ccc(-c3cccc(C)c3C)nc1)CC2. The second-order valence-corrected chi connectivity index (χ2v) is 8.06. The Labute approximate surface area is 169 Å².